The van der Waals surface area contributed by atoms with Gasteiger partial charge in [0.25, 0.3) is 0 Å². The Labute approximate surface area is 463 Å². The van der Waals surface area contributed by atoms with Gasteiger partial charge in [0.1, 0.15) is 0 Å². The van der Waals surface area contributed by atoms with E-state index in [1.54, 1.807) is 0 Å². The molecule has 0 bridgehead atoms. The van der Waals surface area contributed by atoms with Gasteiger partial charge in [-0.25, -0.2) is 0 Å². The van der Waals surface area contributed by atoms with Gasteiger partial charge < -0.3 is 20.3 Å². The van der Waals surface area contributed by atoms with Crippen molar-refractivity contribution in [1.29, 1.82) is 0 Å². The lowest BCUT2D eigenvalue weighted by Crippen LogP contribution is -2.45. The monoisotopic (exact) mass is 1040 g/mol. The summed E-state index contributed by atoms with van der Waals surface area (Å²) in [5.41, 5.74) is 0. The van der Waals surface area contributed by atoms with Gasteiger partial charge in [0, 0.05) is 12.8 Å². The highest BCUT2D eigenvalue weighted by molar-refractivity contribution is 5.76. The lowest BCUT2D eigenvalue weighted by atomic mass is 10.0. The number of carbonyl (C=O) groups excluding carboxylic acids is 2. The molecule has 0 heterocycles. The second-order valence-electron chi connectivity index (χ2n) is 23.5. The van der Waals surface area contributed by atoms with Gasteiger partial charge in [-0.2, -0.15) is 0 Å². The third kappa shape index (κ3) is 59.8. The van der Waals surface area contributed by atoms with Gasteiger partial charge >= 0.3 is 5.97 Å². The van der Waals surface area contributed by atoms with E-state index in [9.17, 15) is 19.8 Å². The molecule has 0 fully saturated rings. The number of rotatable bonds is 64. The van der Waals surface area contributed by atoms with E-state index in [4.69, 9.17) is 4.74 Å². The molecule has 1 amide bonds. The molecule has 0 aliphatic heterocycles. The zero-order valence-electron chi connectivity index (χ0n) is 50.4. The first kappa shape index (κ1) is 72.6. The smallest absolute Gasteiger partial charge is 0.305 e. The van der Waals surface area contributed by atoms with E-state index in [0.717, 1.165) is 38.5 Å². The van der Waals surface area contributed by atoms with Gasteiger partial charge in [0.2, 0.25) is 5.91 Å². The van der Waals surface area contributed by atoms with Crippen molar-refractivity contribution in [2.75, 3.05) is 13.2 Å². The summed E-state index contributed by atoms with van der Waals surface area (Å²) in [6.07, 6.45) is 78.1. The van der Waals surface area contributed by atoms with E-state index >= 15 is 0 Å². The first-order valence-corrected chi connectivity index (χ1v) is 33.9. The van der Waals surface area contributed by atoms with Crippen molar-refractivity contribution < 1.29 is 24.5 Å². The third-order valence-electron chi connectivity index (χ3n) is 16.1. The molecule has 0 saturated carbocycles. The fraction of sp³-hybridized carbons (Fsp3) is 0.941. The number of unbranched alkanes of at least 4 members (excludes halogenated alkanes) is 51. The predicted molar refractivity (Wildman–Crippen MR) is 324 cm³/mol. The Morgan fingerprint density at radius 1 is 0.365 bits per heavy atom. The summed E-state index contributed by atoms with van der Waals surface area (Å²) in [7, 11) is 0. The van der Waals surface area contributed by atoms with Crippen LogP contribution in [0.5, 0.6) is 0 Å². The Hall–Kier alpha value is -1.40. The van der Waals surface area contributed by atoms with Crippen molar-refractivity contribution >= 4 is 11.9 Å². The lowest BCUT2D eigenvalue weighted by molar-refractivity contribution is -0.143. The van der Waals surface area contributed by atoms with E-state index in [2.05, 4.69) is 31.3 Å². The summed E-state index contributed by atoms with van der Waals surface area (Å²) in [4.78, 5) is 24.6. The van der Waals surface area contributed by atoms with E-state index in [-0.39, 0.29) is 18.5 Å². The van der Waals surface area contributed by atoms with Crippen LogP contribution in [0.4, 0.5) is 0 Å². The van der Waals surface area contributed by atoms with Crippen LogP contribution < -0.4 is 5.32 Å². The fourth-order valence-corrected chi connectivity index (χ4v) is 10.9. The van der Waals surface area contributed by atoms with Gasteiger partial charge in [-0.1, -0.05) is 334 Å². The molecular formula is C68H133NO5. The molecule has 3 N–H and O–H groups in total. The Morgan fingerprint density at radius 2 is 0.635 bits per heavy atom. The summed E-state index contributed by atoms with van der Waals surface area (Å²) in [5.74, 6) is -0.0291. The maximum Gasteiger partial charge on any atom is 0.305 e. The van der Waals surface area contributed by atoms with Crippen molar-refractivity contribution in [3.8, 4) is 0 Å². The predicted octanol–water partition coefficient (Wildman–Crippen LogP) is 21.6. The highest BCUT2D eigenvalue weighted by Gasteiger charge is 2.20. The molecule has 0 aromatic heterocycles. The Kier molecular flexibility index (Phi) is 62.9. The number of aliphatic hydroxyl groups is 2. The molecule has 2 atom stereocenters. The SMILES string of the molecule is CCCCCCCCCCCCCCCCCCCCCCCCCC(O)C(CO)NC(=O)CCCCCCCCC/C=C\CCCCCCCCCCCOC(=O)CCCCCCCCCCCCCCCC. The first-order valence-electron chi connectivity index (χ1n) is 33.9. The Bertz CT molecular complexity index is 1110. The molecule has 440 valence electrons. The number of hydrogen-bond donors (Lipinski definition) is 3. The topological polar surface area (TPSA) is 95.9 Å². The lowest BCUT2D eigenvalue weighted by Gasteiger charge is -2.22. The van der Waals surface area contributed by atoms with Crippen LogP contribution in [0.3, 0.4) is 0 Å². The number of nitrogens with one attached hydrogen (secondary N) is 1. The zero-order valence-corrected chi connectivity index (χ0v) is 50.4. The second-order valence-corrected chi connectivity index (χ2v) is 23.5. The van der Waals surface area contributed by atoms with Gasteiger partial charge in [-0.15, -0.1) is 0 Å². The molecule has 0 rings (SSSR count). The summed E-state index contributed by atoms with van der Waals surface area (Å²) in [5, 5.41) is 23.4. The summed E-state index contributed by atoms with van der Waals surface area (Å²) < 4.78 is 5.49. The van der Waals surface area contributed by atoms with Crippen LogP contribution in [0.15, 0.2) is 12.2 Å². The first-order chi connectivity index (χ1) is 36.5. The number of esters is 1. The molecule has 74 heavy (non-hydrogen) atoms. The number of ether oxygens (including phenoxy) is 1. The molecular weight excluding hydrogens is 911 g/mol. The standard InChI is InChI=1S/C68H133NO5/c1-3-5-7-9-11-13-15-17-19-20-21-22-23-24-27-30-33-36-40-44-48-52-56-60-66(71)65(64-70)69-67(72)61-57-53-49-45-41-37-34-31-28-25-26-29-32-35-39-43-47-51-55-59-63-74-68(73)62-58-54-50-46-42-38-18-16-14-12-10-8-6-4-2/h25,28,65-66,70-71H,3-24,26-27,29-64H2,1-2H3,(H,69,72)/b28-25-. The Balaban J connectivity index is 3.42. The molecule has 0 radical (unpaired) electrons. The Morgan fingerprint density at radius 3 is 0.959 bits per heavy atom. The molecule has 0 aromatic carbocycles. The van der Waals surface area contributed by atoms with E-state index in [1.165, 1.54) is 315 Å². The maximum absolute atomic E-state index is 12.5. The van der Waals surface area contributed by atoms with Gasteiger partial charge in [0.05, 0.1) is 25.4 Å². The van der Waals surface area contributed by atoms with Crippen LogP contribution in [0.2, 0.25) is 0 Å². The normalized spacial score (nSPS) is 12.5. The number of aliphatic hydroxyl groups excluding tert-OH is 2. The minimum Gasteiger partial charge on any atom is -0.466 e. The number of hydrogen-bond acceptors (Lipinski definition) is 5. The average Bonchev–Trinajstić information content (AvgIpc) is 3.40. The summed E-state index contributed by atoms with van der Waals surface area (Å²) in [6.45, 7) is 4.98. The molecule has 6 nitrogen and oxygen atoms in total. The van der Waals surface area contributed by atoms with Crippen LogP contribution in [0.25, 0.3) is 0 Å². The number of carbonyl (C=O) groups is 2. The average molecular weight is 1040 g/mol. The minimum atomic E-state index is -0.670. The van der Waals surface area contributed by atoms with E-state index in [1.807, 2.05) is 0 Å². The third-order valence-corrected chi connectivity index (χ3v) is 16.1. The summed E-state index contributed by atoms with van der Waals surface area (Å²) in [6, 6.07) is -0.548. The molecule has 0 spiro atoms. The maximum atomic E-state index is 12.5. The van der Waals surface area contributed by atoms with Crippen molar-refractivity contribution in [3.05, 3.63) is 12.2 Å². The molecule has 2 unspecified atom stereocenters. The largest absolute Gasteiger partial charge is 0.466 e. The minimum absolute atomic E-state index is 0.00971. The van der Waals surface area contributed by atoms with Crippen molar-refractivity contribution in [1.82, 2.24) is 5.32 Å². The van der Waals surface area contributed by atoms with Crippen LogP contribution >= 0.6 is 0 Å². The quantitative estimate of drug-likeness (QED) is 0.0320. The van der Waals surface area contributed by atoms with Crippen LogP contribution in [0, 0.1) is 0 Å². The number of allylic oxidation sites excluding steroid dienone is 2. The van der Waals surface area contributed by atoms with Gasteiger partial charge in [0.15, 0.2) is 0 Å². The highest BCUT2D eigenvalue weighted by Crippen LogP contribution is 2.19. The van der Waals surface area contributed by atoms with Crippen molar-refractivity contribution in [2.45, 2.75) is 398 Å². The second kappa shape index (κ2) is 64.1. The van der Waals surface area contributed by atoms with E-state index in [0.29, 0.717) is 25.9 Å². The van der Waals surface area contributed by atoms with Crippen molar-refractivity contribution in [2.24, 2.45) is 0 Å². The van der Waals surface area contributed by atoms with Gasteiger partial charge in [-0.05, 0) is 51.4 Å². The molecule has 0 aliphatic rings. The molecule has 0 aliphatic carbocycles. The molecule has 0 aromatic rings. The van der Waals surface area contributed by atoms with Gasteiger partial charge in [-0.3, -0.25) is 9.59 Å². The number of amides is 1. The molecule has 0 saturated heterocycles. The zero-order chi connectivity index (χ0) is 53.6. The van der Waals surface area contributed by atoms with Crippen LogP contribution in [-0.2, 0) is 14.3 Å². The van der Waals surface area contributed by atoms with Crippen molar-refractivity contribution in [3.63, 3.8) is 0 Å². The fourth-order valence-electron chi connectivity index (χ4n) is 10.9. The van der Waals surface area contributed by atoms with Crippen LogP contribution in [0.1, 0.15) is 386 Å². The highest BCUT2D eigenvalue weighted by atomic mass is 16.5. The summed E-state index contributed by atoms with van der Waals surface area (Å²) >= 11 is 0. The van der Waals surface area contributed by atoms with E-state index < -0.39 is 12.1 Å². The molecule has 6 heteroatoms. The van der Waals surface area contributed by atoms with Crippen LogP contribution in [-0.4, -0.2) is 47.4 Å².